The lowest BCUT2D eigenvalue weighted by Gasteiger charge is -2.27. The van der Waals surface area contributed by atoms with Crippen LogP contribution in [0.4, 0.5) is 4.39 Å². The first-order valence-corrected chi connectivity index (χ1v) is 12.5. The number of fused-ring (bicyclic) bond motifs is 1. The number of hydrogen-bond donors (Lipinski definition) is 0. The normalized spacial score (nSPS) is 13.4. The van der Waals surface area contributed by atoms with Gasteiger partial charge in [0.1, 0.15) is 23.4 Å². The molecule has 2 heterocycles. The molecule has 2 aromatic carbocycles. The molecule has 1 aromatic heterocycles. The number of methoxy groups -OCH3 is 1. The molecule has 0 N–H and O–H groups in total. The molecule has 1 aliphatic rings. The molecule has 34 heavy (non-hydrogen) atoms. The van der Waals surface area contributed by atoms with E-state index in [1.165, 1.54) is 10.9 Å². The number of ether oxygens (including phenoxy) is 1. The fourth-order valence-electron chi connectivity index (χ4n) is 4.43. The third-order valence-electron chi connectivity index (χ3n) is 6.12. The lowest BCUT2D eigenvalue weighted by molar-refractivity contribution is -0.118. The van der Waals surface area contributed by atoms with Crippen molar-refractivity contribution in [3.05, 3.63) is 85.3 Å². The van der Waals surface area contributed by atoms with Gasteiger partial charge in [0, 0.05) is 42.2 Å². The Morgan fingerprint density at radius 1 is 1.29 bits per heavy atom. The number of hydrogen-bond acceptors (Lipinski definition) is 5. The van der Waals surface area contributed by atoms with Crippen molar-refractivity contribution in [2.45, 2.75) is 45.2 Å². The number of carbonyl (C=O) groups is 1. The maximum atomic E-state index is 13.5. The third-order valence-corrected chi connectivity index (χ3v) is 7.90. The van der Waals surface area contributed by atoms with Crippen LogP contribution in [0, 0.1) is 17.1 Å². The zero-order chi connectivity index (χ0) is 24.1. The summed E-state index contributed by atoms with van der Waals surface area (Å²) in [6, 6.07) is 14.5. The van der Waals surface area contributed by atoms with E-state index in [0.29, 0.717) is 43.1 Å². The molecule has 4 nitrogen and oxygen atoms in total. The number of Topliss-reactive ketones (excluding diaryl/α,β-unsaturated/α-hetero) is 1. The molecule has 1 aliphatic heterocycles. The van der Waals surface area contributed by atoms with Gasteiger partial charge in [-0.05, 0) is 54.2 Å². The Balaban J connectivity index is 1.36. The summed E-state index contributed by atoms with van der Waals surface area (Å²) in [5.74, 6) is 0.464. The van der Waals surface area contributed by atoms with Gasteiger partial charge in [0.25, 0.3) is 0 Å². The molecule has 0 bridgehead atoms. The Kier molecular flexibility index (Phi) is 7.99. The first-order valence-electron chi connectivity index (χ1n) is 11.3. The summed E-state index contributed by atoms with van der Waals surface area (Å²) in [5.41, 5.74) is 3.56. The molecule has 0 fully saturated rings. The number of nitriles is 1. The fourth-order valence-corrected chi connectivity index (χ4v) is 6.00. The molecular weight excluding hydrogens is 471 g/mol. The fraction of sp³-hybridized carbons (Fsp3) is 0.333. The molecule has 176 valence electrons. The van der Waals surface area contributed by atoms with Gasteiger partial charge in [0.2, 0.25) is 0 Å². The van der Waals surface area contributed by atoms with Crippen molar-refractivity contribution in [2.24, 2.45) is 0 Å². The number of ketones is 1. The summed E-state index contributed by atoms with van der Waals surface area (Å²) >= 11 is 8.02. The van der Waals surface area contributed by atoms with Crippen LogP contribution in [-0.4, -0.2) is 24.3 Å². The topological polar surface area (TPSA) is 53.3 Å². The zero-order valence-corrected chi connectivity index (χ0v) is 20.6. The summed E-state index contributed by atoms with van der Waals surface area (Å²) < 4.78 is 18.8. The Labute approximate surface area is 208 Å². The van der Waals surface area contributed by atoms with Gasteiger partial charge in [-0.25, -0.2) is 4.39 Å². The zero-order valence-electron chi connectivity index (χ0n) is 19.1. The number of aryl methyl sites for hydroxylation is 1. The van der Waals surface area contributed by atoms with Gasteiger partial charge in [0.15, 0.2) is 0 Å². The first-order chi connectivity index (χ1) is 16.5. The first kappa shape index (κ1) is 24.4. The second-order valence-electron chi connectivity index (χ2n) is 8.51. The number of rotatable bonds is 9. The molecule has 0 unspecified atom stereocenters. The summed E-state index contributed by atoms with van der Waals surface area (Å²) in [6.45, 7) is 2.24. The number of halogens is 2. The molecule has 0 atom stereocenters. The minimum Gasteiger partial charge on any atom is -0.495 e. The Morgan fingerprint density at radius 3 is 2.88 bits per heavy atom. The maximum absolute atomic E-state index is 13.5. The van der Waals surface area contributed by atoms with Gasteiger partial charge in [0.05, 0.1) is 17.7 Å². The van der Waals surface area contributed by atoms with Crippen molar-refractivity contribution >= 4 is 28.7 Å². The standard InChI is InChI=1S/C27H26ClFN2O2S/c1-33-24-9-3-6-19(27(24)28)14-21(32)8-4-10-25-22(15-30)23-17-31(12-11-26(23)34-25)16-18-5-2-7-20(29)13-18/h2-3,5-7,9,13H,4,8,10-12,14,16-17H2,1H3. The van der Waals surface area contributed by atoms with Gasteiger partial charge >= 0.3 is 0 Å². The van der Waals surface area contributed by atoms with Crippen LogP contribution in [0.15, 0.2) is 42.5 Å². The molecular formula is C27H26ClFN2O2S. The Hall–Kier alpha value is -2.72. The summed E-state index contributed by atoms with van der Waals surface area (Å²) in [5, 5.41) is 10.3. The van der Waals surface area contributed by atoms with Gasteiger partial charge < -0.3 is 4.74 Å². The number of thiophene rings is 1. The van der Waals surface area contributed by atoms with Crippen LogP contribution in [0.25, 0.3) is 0 Å². The van der Waals surface area contributed by atoms with Crippen molar-refractivity contribution in [1.82, 2.24) is 4.90 Å². The average Bonchev–Trinajstić information content (AvgIpc) is 3.17. The molecule has 0 saturated heterocycles. The van der Waals surface area contributed by atoms with Crippen molar-refractivity contribution in [1.29, 1.82) is 5.26 Å². The van der Waals surface area contributed by atoms with E-state index in [0.717, 1.165) is 40.1 Å². The van der Waals surface area contributed by atoms with Crippen molar-refractivity contribution in [3.8, 4) is 11.8 Å². The molecule has 4 rings (SSSR count). The van der Waals surface area contributed by atoms with Gasteiger partial charge in [-0.3, -0.25) is 9.69 Å². The largest absolute Gasteiger partial charge is 0.495 e. The highest BCUT2D eigenvalue weighted by atomic mass is 35.5. The number of carbonyl (C=O) groups excluding carboxylic acids is 1. The minimum absolute atomic E-state index is 0.122. The highest BCUT2D eigenvalue weighted by molar-refractivity contribution is 7.12. The quantitative estimate of drug-likeness (QED) is 0.358. The van der Waals surface area contributed by atoms with E-state index in [9.17, 15) is 14.4 Å². The van der Waals surface area contributed by atoms with Gasteiger partial charge in [-0.15, -0.1) is 11.3 Å². The molecule has 3 aromatic rings. The Bertz CT molecular complexity index is 1230. The highest BCUT2D eigenvalue weighted by Gasteiger charge is 2.24. The van der Waals surface area contributed by atoms with E-state index >= 15 is 0 Å². The van der Waals surface area contributed by atoms with Crippen LogP contribution in [-0.2, 0) is 37.1 Å². The van der Waals surface area contributed by atoms with E-state index in [-0.39, 0.29) is 18.0 Å². The molecule has 0 aliphatic carbocycles. The van der Waals surface area contributed by atoms with Crippen molar-refractivity contribution in [2.75, 3.05) is 13.7 Å². The lowest BCUT2D eigenvalue weighted by Crippen LogP contribution is -2.29. The van der Waals surface area contributed by atoms with Crippen LogP contribution in [0.2, 0.25) is 5.02 Å². The molecule has 0 amide bonds. The molecule has 0 radical (unpaired) electrons. The van der Waals surface area contributed by atoms with Crippen LogP contribution in [0.3, 0.4) is 0 Å². The van der Waals surface area contributed by atoms with E-state index in [4.69, 9.17) is 16.3 Å². The van der Waals surface area contributed by atoms with Gasteiger partial charge in [-0.2, -0.15) is 5.26 Å². The number of benzene rings is 2. The second-order valence-corrected chi connectivity index (χ2v) is 10.1. The van der Waals surface area contributed by atoms with Gasteiger partial charge in [-0.1, -0.05) is 35.9 Å². The average molecular weight is 497 g/mol. The SMILES string of the molecule is COc1cccc(CC(=O)CCCc2sc3c(c2C#N)CN(Cc2cccc(F)c2)CC3)c1Cl. The molecule has 0 spiro atoms. The van der Waals surface area contributed by atoms with E-state index in [2.05, 4.69) is 11.0 Å². The molecule has 0 saturated carbocycles. The summed E-state index contributed by atoms with van der Waals surface area (Å²) in [6.07, 6.45) is 3.00. The summed E-state index contributed by atoms with van der Waals surface area (Å²) in [4.78, 5) is 17.1. The second kappa shape index (κ2) is 11.1. The lowest BCUT2D eigenvalue weighted by atomic mass is 10.00. The number of nitrogens with zero attached hydrogens (tertiary/aromatic N) is 2. The predicted molar refractivity (Wildman–Crippen MR) is 133 cm³/mol. The smallest absolute Gasteiger partial charge is 0.137 e. The highest BCUT2D eigenvalue weighted by Crippen LogP contribution is 2.34. The maximum Gasteiger partial charge on any atom is 0.137 e. The van der Waals surface area contributed by atoms with Crippen LogP contribution in [0.5, 0.6) is 5.75 Å². The molecule has 7 heteroatoms. The van der Waals surface area contributed by atoms with Crippen LogP contribution in [0.1, 0.15) is 44.8 Å². The van der Waals surface area contributed by atoms with Crippen molar-refractivity contribution < 1.29 is 13.9 Å². The van der Waals surface area contributed by atoms with E-state index < -0.39 is 0 Å². The van der Waals surface area contributed by atoms with Crippen LogP contribution >= 0.6 is 22.9 Å². The van der Waals surface area contributed by atoms with Crippen molar-refractivity contribution in [3.63, 3.8) is 0 Å². The Morgan fingerprint density at radius 2 is 2.12 bits per heavy atom. The predicted octanol–water partition coefficient (Wildman–Crippen LogP) is 6.11. The minimum atomic E-state index is -0.228. The van der Waals surface area contributed by atoms with E-state index in [1.807, 2.05) is 18.2 Å². The summed E-state index contributed by atoms with van der Waals surface area (Å²) in [7, 11) is 1.56. The van der Waals surface area contributed by atoms with E-state index in [1.54, 1.807) is 36.6 Å². The van der Waals surface area contributed by atoms with Crippen LogP contribution < -0.4 is 4.74 Å². The monoisotopic (exact) mass is 496 g/mol. The third kappa shape index (κ3) is 5.67.